The smallest absolute Gasteiger partial charge is 0.266 e. The quantitative estimate of drug-likeness (QED) is 0.575. The van der Waals surface area contributed by atoms with E-state index in [1.165, 1.54) is 15.6 Å². The standard InChI is InChI=1S/C17H15BrN2O3S2/c1-23-16-8-7-13(11-15(16)18)12-20(17-19-9-10-24-17)25(21,22)14-5-3-2-4-6-14/h2-11H,12H2,1H3. The van der Waals surface area contributed by atoms with Gasteiger partial charge in [-0.15, -0.1) is 11.3 Å². The summed E-state index contributed by atoms with van der Waals surface area (Å²) in [6.45, 7) is 0.174. The fourth-order valence-corrected chi connectivity index (χ4v) is 5.17. The summed E-state index contributed by atoms with van der Waals surface area (Å²) >= 11 is 4.72. The monoisotopic (exact) mass is 438 g/mol. The van der Waals surface area contributed by atoms with E-state index in [4.69, 9.17) is 4.74 Å². The topological polar surface area (TPSA) is 59.5 Å². The van der Waals surface area contributed by atoms with Crippen LogP contribution in [-0.2, 0) is 16.6 Å². The lowest BCUT2D eigenvalue weighted by Crippen LogP contribution is -2.30. The van der Waals surface area contributed by atoms with Crippen molar-refractivity contribution in [2.24, 2.45) is 0 Å². The molecular formula is C17H15BrN2O3S2. The van der Waals surface area contributed by atoms with Crippen LogP contribution in [0.3, 0.4) is 0 Å². The molecule has 3 rings (SSSR count). The maximum Gasteiger partial charge on any atom is 0.266 e. The lowest BCUT2D eigenvalue weighted by molar-refractivity contribution is 0.412. The molecule has 0 atom stereocenters. The number of hydrogen-bond acceptors (Lipinski definition) is 5. The van der Waals surface area contributed by atoms with Crippen LogP contribution in [0.2, 0.25) is 0 Å². The van der Waals surface area contributed by atoms with Crippen LogP contribution in [0.15, 0.2) is 69.5 Å². The van der Waals surface area contributed by atoms with Crippen molar-refractivity contribution in [3.8, 4) is 5.75 Å². The molecule has 1 aromatic heterocycles. The second kappa shape index (κ2) is 7.55. The van der Waals surface area contributed by atoms with Crippen molar-refractivity contribution in [3.63, 3.8) is 0 Å². The number of aromatic nitrogens is 1. The minimum absolute atomic E-state index is 0.174. The Labute approximate surface area is 159 Å². The van der Waals surface area contributed by atoms with Gasteiger partial charge in [0.15, 0.2) is 5.13 Å². The first-order valence-corrected chi connectivity index (χ1v) is 10.4. The Bertz CT molecular complexity index is 945. The highest BCUT2D eigenvalue weighted by molar-refractivity contribution is 9.10. The second-order valence-electron chi connectivity index (χ2n) is 5.11. The molecule has 5 nitrogen and oxygen atoms in total. The molecule has 0 amide bonds. The van der Waals surface area contributed by atoms with Crippen molar-refractivity contribution in [2.75, 3.05) is 11.4 Å². The number of methoxy groups -OCH3 is 1. The molecule has 25 heavy (non-hydrogen) atoms. The van der Waals surface area contributed by atoms with E-state index < -0.39 is 10.0 Å². The van der Waals surface area contributed by atoms with Gasteiger partial charge >= 0.3 is 0 Å². The predicted molar refractivity (Wildman–Crippen MR) is 103 cm³/mol. The summed E-state index contributed by atoms with van der Waals surface area (Å²) < 4.78 is 33.5. The molecule has 0 saturated heterocycles. The van der Waals surface area contributed by atoms with E-state index in [1.807, 2.05) is 12.1 Å². The van der Waals surface area contributed by atoms with Gasteiger partial charge < -0.3 is 4.74 Å². The number of ether oxygens (including phenoxy) is 1. The molecule has 3 aromatic rings. The molecule has 0 unspecified atom stereocenters. The van der Waals surface area contributed by atoms with E-state index in [-0.39, 0.29) is 11.4 Å². The van der Waals surface area contributed by atoms with Gasteiger partial charge in [0, 0.05) is 11.6 Å². The van der Waals surface area contributed by atoms with Gasteiger partial charge in [-0.3, -0.25) is 0 Å². The number of nitrogens with zero attached hydrogens (tertiary/aromatic N) is 2. The summed E-state index contributed by atoms with van der Waals surface area (Å²) in [6, 6.07) is 13.8. The van der Waals surface area contributed by atoms with E-state index >= 15 is 0 Å². The summed E-state index contributed by atoms with van der Waals surface area (Å²) in [4.78, 5) is 4.42. The van der Waals surface area contributed by atoms with E-state index in [9.17, 15) is 8.42 Å². The van der Waals surface area contributed by atoms with Crippen molar-refractivity contribution >= 4 is 42.4 Å². The summed E-state index contributed by atoms with van der Waals surface area (Å²) in [5.74, 6) is 0.690. The summed E-state index contributed by atoms with van der Waals surface area (Å²) in [5.41, 5.74) is 0.822. The molecule has 0 aliphatic rings. The van der Waals surface area contributed by atoms with Gasteiger partial charge in [-0.2, -0.15) is 0 Å². The number of benzene rings is 2. The zero-order valence-corrected chi connectivity index (χ0v) is 16.5. The molecule has 0 fully saturated rings. The average Bonchev–Trinajstić information content (AvgIpc) is 3.14. The molecule has 0 aliphatic carbocycles. The van der Waals surface area contributed by atoms with Crippen LogP contribution in [0.5, 0.6) is 5.75 Å². The Morgan fingerprint density at radius 3 is 2.56 bits per heavy atom. The first-order chi connectivity index (χ1) is 12.0. The number of rotatable bonds is 6. The van der Waals surface area contributed by atoms with Crippen LogP contribution in [0.1, 0.15) is 5.56 Å². The third-order valence-corrected chi connectivity index (χ3v) is 6.79. The lowest BCUT2D eigenvalue weighted by Gasteiger charge is -2.22. The van der Waals surface area contributed by atoms with E-state index in [0.29, 0.717) is 10.9 Å². The van der Waals surface area contributed by atoms with Gasteiger partial charge in [0.25, 0.3) is 10.0 Å². The molecule has 0 aliphatic heterocycles. The number of anilines is 1. The minimum Gasteiger partial charge on any atom is -0.496 e. The van der Waals surface area contributed by atoms with Gasteiger partial charge in [0.1, 0.15) is 5.75 Å². The third kappa shape index (κ3) is 3.86. The van der Waals surface area contributed by atoms with Crippen molar-refractivity contribution < 1.29 is 13.2 Å². The summed E-state index contributed by atoms with van der Waals surface area (Å²) in [7, 11) is -2.13. The molecule has 1 heterocycles. The summed E-state index contributed by atoms with van der Waals surface area (Å²) in [6.07, 6.45) is 1.59. The number of thiazole rings is 1. The van der Waals surface area contributed by atoms with Gasteiger partial charge in [0.2, 0.25) is 0 Å². The summed E-state index contributed by atoms with van der Waals surface area (Å²) in [5, 5.41) is 2.18. The second-order valence-corrected chi connectivity index (χ2v) is 8.70. The highest BCUT2D eigenvalue weighted by Crippen LogP contribution is 2.30. The molecule has 0 spiro atoms. The Morgan fingerprint density at radius 1 is 1.20 bits per heavy atom. The average molecular weight is 439 g/mol. The maximum atomic E-state index is 13.1. The fourth-order valence-electron chi connectivity index (χ4n) is 2.29. The molecule has 0 bridgehead atoms. The lowest BCUT2D eigenvalue weighted by atomic mass is 10.2. The molecule has 0 radical (unpaired) electrons. The number of hydrogen-bond donors (Lipinski definition) is 0. The van der Waals surface area contributed by atoms with Crippen LogP contribution in [0.4, 0.5) is 5.13 Å². The van der Waals surface area contributed by atoms with Crippen LogP contribution < -0.4 is 9.04 Å². The minimum atomic E-state index is -3.72. The Morgan fingerprint density at radius 2 is 1.96 bits per heavy atom. The third-order valence-electron chi connectivity index (χ3n) is 3.51. The van der Waals surface area contributed by atoms with Gasteiger partial charge in [0.05, 0.1) is 23.0 Å². The van der Waals surface area contributed by atoms with E-state index in [1.54, 1.807) is 55.1 Å². The van der Waals surface area contributed by atoms with Gasteiger partial charge in [-0.1, -0.05) is 24.3 Å². The van der Waals surface area contributed by atoms with Crippen LogP contribution in [0.25, 0.3) is 0 Å². The number of halogens is 1. The van der Waals surface area contributed by atoms with Crippen molar-refractivity contribution in [1.29, 1.82) is 0 Å². The maximum absolute atomic E-state index is 13.1. The van der Waals surface area contributed by atoms with Gasteiger partial charge in [-0.25, -0.2) is 17.7 Å². The molecule has 0 N–H and O–H groups in total. The predicted octanol–water partition coefficient (Wildman–Crippen LogP) is 4.31. The van der Waals surface area contributed by atoms with Crippen molar-refractivity contribution in [1.82, 2.24) is 4.98 Å². The molecule has 2 aromatic carbocycles. The Kier molecular flexibility index (Phi) is 5.41. The van der Waals surface area contributed by atoms with Crippen LogP contribution in [0, 0.1) is 0 Å². The molecule has 0 saturated carbocycles. The van der Waals surface area contributed by atoms with Gasteiger partial charge in [-0.05, 0) is 45.8 Å². The van der Waals surface area contributed by atoms with Crippen molar-refractivity contribution in [3.05, 3.63) is 70.1 Å². The normalized spacial score (nSPS) is 11.3. The molecular weight excluding hydrogens is 424 g/mol. The van der Waals surface area contributed by atoms with E-state index in [0.717, 1.165) is 10.0 Å². The SMILES string of the molecule is COc1ccc(CN(c2nccs2)S(=O)(=O)c2ccccc2)cc1Br. The Hall–Kier alpha value is -1.90. The highest BCUT2D eigenvalue weighted by Gasteiger charge is 2.27. The zero-order valence-electron chi connectivity index (χ0n) is 13.3. The largest absolute Gasteiger partial charge is 0.496 e. The first-order valence-electron chi connectivity index (χ1n) is 7.32. The molecule has 8 heteroatoms. The highest BCUT2D eigenvalue weighted by atomic mass is 79.9. The molecule has 130 valence electrons. The van der Waals surface area contributed by atoms with Crippen LogP contribution in [-0.4, -0.2) is 20.5 Å². The fraction of sp³-hybridized carbons (Fsp3) is 0.118. The first kappa shape index (κ1) is 17.9. The van der Waals surface area contributed by atoms with E-state index in [2.05, 4.69) is 20.9 Å². The van der Waals surface area contributed by atoms with Crippen LogP contribution >= 0.6 is 27.3 Å². The number of sulfonamides is 1. The zero-order chi connectivity index (χ0) is 17.9. The van der Waals surface area contributed by atoms with Crippen molar-refractivity contribution in [2.45, 2.75) is 11.4 Å². The Balaban J connectivity index is 2.01.